The first-order valence-electron chi connectivity index (χ1n) is 10.9. The Balaban J connectivity index is 1.72. The summed E-state index contributed by atoms with van der Waals surface area (Å²) in [6, 6.07) is 3.92. The van der Waals surface area contributed by atoms with Crippen molar-refractivity contribution in [1.82, 2.24) is 14.5 Å². The molecular weight excluding hydrogens is 430 g/mol. The molecule has 0 bridgehead atoms. The molecule has 166 valence electrons. The maximum atomic E-state index is 13.6. The van der Waals surface area contributed by atoms with Crippen LogP contribution in [0.3, 0.4) is 0 Å². The van der Waals surface area contributed by atoms with E-state index in [2.05, 4.69) is 0 Å². The van der Waals surface area contributed by atoms with Gasteiger partial charge < -0.3 is 9.32 Å². The molecule has 4 rings (SSSR count). The fourth-order valence-electron chi connectivity index (χ4n) is 4.40. The fraction of sp³-hybridized carbons (Fsp3) is 0.522. The molecular formula is C23H29N3O3S2. The number of carbonyl (C=O) groups excluding carboxylic acids is 1. The second-order valence-corrected chi connectivity index (χ2v) is 10.6. The molecule has 31 heavy (non-hydrogen) atoms. The van der Waals surface area contributed by atoms with E-state index in [4.69, 9.17) is 9.40 Å². The Morgan fingerprint density at radius 3 is 2.68 bits per heavy atom. The largest absolute Gasteiger partial charge is 0.467 e. The molecule has 1 aliphatic rings. The Morgan fingerprint density at radius 1 is 1.26 bits per heavy atom. The van der Waals surface area contributed by atoms with Gasteiger partial charge in [0.1, 0.15) is 10.6 Å². The van der Waals surface area contributed by atoms with Gasteiger partial charge in [-0.2, -0.15) is 0 Å². The number of thiophene rings is 1. The summed E-state index contributed by atoms with van der Waals surface area (Å²) in [7, 11) is 0. The van der Waals surface area contributed by atoms with Gasteiger partial charge in [-0.25, -0.2) is 4.98 Å². The van der Waals surface area contributed by atoms with Crippen molar-refractivity contribution in [1.29, 1.82) is 0 Å². The number of aryl methyl sites for hydroxylation is 2. The van der Waals surface area contributed by atoms with Gasteiger partial charge in [0.25, 0.3) is 5.56 Å². The van der Waals surface area contributed by atoms with Crippen LogP contribution in [0.4, 0.5) is 0 Å². The molecule has 8 heteroatoms. The molecule has 0 aliphatic heterocycles. The van der Waals surface area contributed by atoms with Crippen molar-refractivity contribution in [3.8, 4) is 0 Å². The number of nitrogens with zero attached hydrogens (tertiary/aromatic N) is 3. The lowest BCUT2D eigenvalue weighted by Gasteiger charge is -2.30. The maximum absolute atomic E-state index is 13.6. The van der Waals surface area contributed by atoms with E-state index in [-0.39, 0.29) is 29.3 Å². The topological polar surface area (TPSA) is 68.3 Å². The number of rotatable bonds is 7. The summed E-state index contributed by atoms with van der Waals surface area (Å²) in [4.78, 5) is 35.3. The van der Waals surface area contributed by atoms with Crippen molar-refractivity contribution >= 4 is 39.2 Å². The third-order valence-electron chi connectivity index (χ3n) is 5.66. The first-order valence-corrected chi connectivity index (χ1v) is 12.7. The van der Waals surface area contributed by atoms with Crippen molar-refractivity contribution < 1.29 is 9.21 Å². The van der Waals surface area contributed by atoms with Gasteiger partial charge in [0.2, 0.25) is 5.91 Å². The van der Waals surface area contributed by atoms with E-state index < -0.39 is 0 Å². The lowest BCUT2D eigenvalue weighted by molar-refractivity contribution is -0.131. The zero-order valence-electron chi connectivity index (χ0n) is 18.5. The summed E-state index contributed by atoms with van der Waals surface area (Å²) in [5.41, 5.74) is 1.15. The summed E-state index contributed by atoms with van der Waals surface area (Å²) >= 11 is 2.98. The number of aromatic nitrogens is 2. The summed E-state index contributed by atoms with van der Waals surface area (Å²) < 4.78 is 7.19. The average molecular weight is 460 g/mol. The number of hydrogen-bond acceptors (Lipinski definition) is 6. The predicted octanol–water partition coefficient (Wildman–Crippen LogP) is 4.72. The third kappa shape index (κ3) is 4.46. The van der Waals surface area contributed by atoms with Crippen LogP contribution < -0.4 is 5.56 Å². The fourth-order valence-corrected chi connectivity index (χ4v) is 6.57. The summed E-state index contributed by atoms with van der Waals surface area (Å²) in [6.45, 7) is 8.41. The standard InChI is InChI=1S/C23H29N3O3S2/c1-14(2)26(15(3)4)19(27)13-30-23-24-21-20(17-9-5-6-10-18(17)31-21)22(28)25(23)12-16-8-7-11-29-16/h7-8,11,14-15H,5-6,9-10,12-13H2,1-4H3. The highest BCUT2D eigenvalue weighted by atomic mass is 32.2. The average Bonchev–Trinajstić information content (AvgIpc) is 3.35. The minimum atomic E-state index is -0.0275. The smallest absolute Gasteiger partial charge is 0.263 e. The lowest BCUT2D eigenvalue weighted by atomic mass is 9.97. The van der Waals surface area contributed by atoms with Crippen molar-refractivity contribution in [2.75, 3.05) is 5.75 Å². The molecule has 6 nitrogen and oxygen atoms in total. The van der Waals surface area contributed by atoms with E-state index in [1.165, 1.54) is 22.2 Å². The van der Waals surface area contributed by atoms with Crippen molar-refractivity contribution in [3.05, 3.63) is 45.0 Å². The van der Waals surface area contributed by atoms with Crippen LogP contribution in [0.15, 0.2) is 32.8 Å². The number of amides is 1. The molecule has 3 aromatic rings. The molecule has 0 atom stereocenters. The molecule has 0 fully saturated rings. The minimum Gasteiger partial charge on any atom is -0.467 e. The van der Waals surface area contributed by atoms with Gasteiger partial charge in [-0.1, -0.05) is 11.8 Å². The Bertz CT molecular complexity index is 1120. The number of thioether (sulfide) groups is 1. The van der Waals surface area contributed by atoms with E-state index in [1.54, 1.807) is 22.2 Å². The highest BCUT2D eigenvalue weighted by Gasteiger charge is 2.25. The van der Waals surface area contributed by atoms with E-state index in [0.717, 1.165) is 35.9 Å². The summed E-state index contributed by atoms with van der Waals surface area (Å²) in [5.74, 6) is 1.00. The number of furan rings is 1. The molecule has 0 aromatic carbocycles. The van der Waals surface area contributed by atoms with Gasteiger partial charge in [-0.05, 0) is 71.1 Å². The molecule has 0 radical (unpaired) electrons. The summed E-state index contributed by atoms with van der Waals surface area (Å²) in [5, 5.41) is 1.33. The highest BCUT2D eigenvalue weighted by molar-refractivity contribution is 7.99. The van der Waals surface area contributed by atoms with Gasteiger partial charge in [-0.3, -0.25) is 14.2 Å². The molecule has 1 aliphatic carbocycles. The molecule has 0 unspecified atom stereocenters. The molecule has 1 amide bonds. The maximum Gasteiger partial charge on any atom is 0.263 e. The van der Waals surface area contributed by atoms with Crippen LogP contribution in [0.2, 0.25) is 0 Å². The normalized spacial score (nSPS) is 13.9. The van der Waals surface area contributed by atoms with Gasteiger partial charge in [-0.15, -0.1) is 11.3 Å². The summed E-state index contributed by atoms with van der Waals surface area (Å²) in [6.07, 6.45) is 5.85. The van der Waals surface area contributed by atoms with Crippen LogP contribution in [0.5, 0.6) is 0 Å². The lowest BCUT2D eigenvalue weighted by Crippen LogP contribution is -2.43. The van der Waals surface area contributed by atoms with E-state index >= 15 is 0 Å². The van der Waals surface area contributed by atoms with Crippen LogP contribution in [-0.4, -0.2) is 38.2 Å². The number of hydrogen-bond donors (Lipinski definition) is 0. The Morgan fingerprint density at radius 2 is 2.00 bits per heavy atom. The molecule has 0 saturated heterocycles. The van der Waals surface area contributed by atoms with Gasteiger partial charge in [0.05, 0.1) is 23.9 Å². The van der Waals surface area contributed by atoms with Crippen LogP contribution >= 0.6 is 23.1 Å². The number of carbonyl (C=O) groups is 1. The quantitative estimate of drug-likeness (QED) is 0.378. The number of fused-ring (bicyclic) bond motifs is 3. The third-order valence-corrected chi connectivity index (χ3v) is 7.81. The van der Waals surface area contributed by atoms with Crippen molar-refractivity contribution in [2.24, 2.45) is 0 Å². The van der Waals surface area contributed by atoms with Crippen LogP contribution in [0, 0.1) is 0 Å². The van der Waals surface area contributed by atoms with Crippen molar-refractivity contribution in [2.45, 2.75) is 77.2 Å². The van der Waals surface area contributed by atoms with Crippen LogP contribution in [0.25, 0.3) is 10.2 Å². The monoisotopic (exact) mass is 459 g/mol. The molecule has 0 saturated carbocycles. The van der Waals surface area contributed by atoms with Crippen molar-refractivity contribution in [3.63, 3.8) is 0 Å². The van der Waals surface area contributed by atoms with Crippen LogP contribution in [-0.2, 0) is 24.2 Å². The first kappa shape index (κ1) is 22.1. The zero-order valence-corrected chi connectivity index (χ0v) is 20.1. The molecule has 3 heterocycles. The van der Waals surface area contributed by atoms with Gasteiger partial charge >= 0.3 is 0 Å². The Hall–Kier alpha value is -2.06. The minimum absolute atomic E-state index is 0.0275. The second-order valence-electron chi connectivity index (χ2n) is 8.53. The van der Waals surface area contributed by atoms with E-state index in [1.807, 2.05) is 44.7 Å². The molecule has 3 aromatic heterocycles. The highest BCUT2D eigenvalue weighted by Crippen LogP contribution is 2.35. The van der Waals surface area contributed by atoms with Crippen LogP contribution in [0.1, 0.15) is 56.7 Å². The van der Waals surface area contributed by atoms with E-state index in [9.17, 15) is 9.59 Å². The van der Waals surface area contributed by atoms with E-state index in [0.29, 0.717) is 17.5 Å². The molecule has 0 spiro atoms. The van der Waals surface area contributed by atoms with Gasteiger partial charge in [0.15, 0.2) is 5.16 Å². The van der Waals surface area contributed by atoms with Gasteiger partial charge in [0, 0.05) is 17.0 Å². The molecule has 0 N–H and O–H groups in total. The Labute approximate surface area is 190 Å². The predicted molar refractivity (Wildman–Crippen MR) is 126 cm³/mol. The zero-order chi connectivity index (χ0) is 22.1. The SMILES string of the molecule is CC(C)N(C(=O)CSc1nc2sc3c(c2c(=O)n1Cc1ccco1)CCCC3)C(C)C. The first-order chi connectivity index (χ1) is 14.9. The Kier molecular flexibility index (Phi) is 6.57. The second kappa shape index (κ2) is 9.20.